The predicted octanol–water partition coefficient (Wildman–Crippen LogP) is 2.18. The lowest BCUT2D eigenvalue weighted by Gasteiger charge is -2.32. The molecule has 0 spiro atoms. The van der Waals surface area contributed by atoms with Crippen LogP contribution in [0.2, 0.25) is 0 Å². The van der Waals surface area contributed by atoms with E-state index in [2.05, 4.69) is 10.3 Å². The first-order valence-electron chi connectivity index (χ1n) is 9.15. The fraction of sp³-hybridized carbons (Fsp3) is 0.421. The number of anilines is 1. The normalized spacial score (nSPS) is 14.8. The minimum atomic E-state index is -0.390. The van der Waals surface area contributed by atoms with Crippen molar-refractivity contribution in [3.8, 4) is 5.75 Å². The van der Waals surface area contributed by atoms with Gasteiger partial charge in [-0.1, -0.05) is 12.1 Å². The lowest BCUT2D eigenvalue weighted by atomic mass is 9.96. The van der Waals surface area contributed by atoms with Gasteiger partial charge < -0.3 is 25.3 Å². The molecule has 1 saturated heterocycles. The van der Waals surface area contributed by atoms with Crippen LogP contribution in [0, 0.1) is 0 Å². The summed E-state index contributed by atoms with van der Waals surface area (Å²) in [5.74, 6) is 1.34. The Kier molecular flexibility index (Phi) is 5.95. The molecule has 3 amide bonds. The van der Waals surface area contributed by atoms with E-state index in [0.717, 1.165) is 18.7 Å². The summed E-state index contributed by atoms with van der Waals surface area (Å²) < 4.78 is 7.35. The number of ether oxygens (including phenoxy) is 1. The molecule has 0 atom stereocenters. The number of benzene rings is 1. The van der Waals surface area contributed by atoms with E-state index in [9.17, 15) is 9.59 Å². The molecule has 27 heavy (non-hydrogen) atoms. The van der Waals surface area contributed by atoms with Crippen molar-refractivity contribution >= 4 is 17.6 Å². The fourth-order valence-electron chi connectivity index (χ4n) is 3.37. The van der Waals surface area contributed by atoms with Crippen LogP contribution in [0.4, 0.5) is 10.5 Å². The Hall–Kier alpha value is -3.03. The fourth-order valence-corrected chi connectivity index (χ4v) is 3.37. The van der Waals surface area contributed by atoms with Gasteiger partial charge in [0, 0.05) is 31.4 Å². The molecule has 144 valence electrons. The molecule has 0 bridgehead atoms. The predicted molar refractivity (Wildman–Crippen MR) is 102 cm³/mol. The molecule has 3 N–H and O–H groups in total. The summed E-state index contributed by atoms with van der Waals surface area (Å²) in [4.78, 5) is 30.0. The highest BCUT2D eigenvalue weighted by molar-refractivity contribution is 5.91. The SMILES string of the molecule is CCOc1ccccc1NC(=O)N1CCC(c2nccn2CC(N)=O)CC1. The van der Waals surface area contributed by atoms with E-state index in [1.54, 1.807) is 21.9 Å². The van der Waals surface area contributed by atoms with E-state index >= 15 is 0 Å². The van der Waals surface area contributed by atoms with Gasteiger partial charge in [0.25, 0.3) is 0 Å². The molecule has 1 aliphatic heterocycles. The van der Waals surface area contributed by atoms with Crippen molar-refractivity contribution < 1.29 is 14.3 Å². The van der Waals surface area contributed by atoms with Crippen molar-refractivity contribution in [3.05, 3.63) is 42.5 Å². The highest BCUT2D eigenvalue weighted by atomic mass is 16.5. The van der Waals surface area contributed by atoms with Crippen LogP contribution in [0.15, 0.2) is 36.7 Å². The summed E-state index contributed by atoms with van der Waals surface area (Å²) in [7, 11) is 0. The standard InChI is InChI=1S/C19H25N5O3/c1-2-27-16-6-4-3-5-15(16)22-19(26)23-10-7-14(8-11-23)18-21-9-12-24(18)13-17(20)25/h3-6,9,12,14H,2,7-8,10-11,13H2,1H3,(H2,20,25)(H,22,26). The maximum absolute atomic E-state index is 12.6. The largest absolute Gasteiger partial charge is 0.492 e. The van der Waals surface area contributed by atoms with Gasteiger partial charge in [0.2, 0.25) is 5.91 Å². The van der Waals surface area contributed by atoms with Gasteiger partial charge in [-0.15, -0.1) is 0 Å². The second-order valence-corrected chi connectivity index (χ2v) is 6.50. The summed E-state index contributed by atoms with van der Waals surface area (Å²) in [5.41, 5.74) is 5.96. The van der Waals surface area contributed by atoms with Gasteiger partial charge in [0.1, 0.15) is 18.1 Å². The zero-order chi connectivity index (χ0) is 19.2. The van der Waals surface area contributed by atoms with Crippen LogP contribution in [0.25, 0.3) is 0 Å². The van der Waals surface area contributed by atoms with Crippen LogP contribution in [0.1, 0.15) is 31.5 Å². The minimum absolute atomic E-state index is 0.129. The molecule has 0 aliphatic carbocycles. The molecule has 2 heterocycles. The molecular formula is C19H25N5O3. The summed E-state index contributed by atoms with van der Waals surface area (Å²) in [6.45, 7) is 3.82. The zero-order valence-corrected chi connectivity index (χ0v) is 15.4. The molecule has 8 nitrogen and oxygen atoms in total. The number of nitrogens with two attached hydrogens (primary N) is 1. The number of nitrogens with one attached hydrogen (secondary N) is 1. The van der Waals surface area contributed by atoms with Crippen molar-refractivity contribution in [2.75, 3.05) is 25.0 Å². The Morgan fingerprint density at radius 3 is 2.74 bits per heavy atom. The van der Waals surface area contributed by atoms with Crippen LogP contribution in [-0.2, 0) is 11.3 Å². The monoisotopic (exact) mass is 371 g/mol. The number of piperidine rings is 1. The Morgan fingerprint density at radius 1 is 1.30 bits per heavy atom. The van der Waals surface area contributed by atoms with Gasteiger partial charge in [0.05, 0.1) is 12.3 Å². The maximum atomic E-state index is 12.6. The van der Waals surface area contributed by atoms with Crippen LogP contribution < -0.4 is 15.8 Å². The van der Waals surface area contributed by atoms with Crippen molar-refractivity contribution in [3.63, 3.8) is 0 Å². The lowest BCUT2D eigenvalue weighted by molar-refractivity contribution is -0.118. The number of hydrogen-bond acceptors (Lipinski definition) is 4. The topological polar surface area (TPSA) is 102 Å². The number of hydrogen-bond donors (Lipinski definition) is 2. The quantitative estimate of drug-likeness (QED) is 0.812. The van der Waals surface area contributed by atoms with Crippen LogP contribution in [0.3, 0.4) is 0 Å². The van der Waals surface area contributed by atoms with Crippen LogP contribution >= 0.6 is 0 Å². The molecule has 8 heteroatoms. The lowest BCUT2D eigenvalue weighted by Crippen LogP contribution is -2.41. The molecule has 1 aromatic heterocycles. The number of rotatable bonds is 6. The zero-order valence-electron chi connectivity index (χ0n) is 15.4. The van der Waals surface area contributed by atoms with E-state index in [4.69, 9.17) is 10.5 Å². The number of urea groups is 1. The van der Waals surface area contributed by atoms with E-state index in [0.29, 0.717) is 31.1 Å². The molecule has 0 saturated carbocycles. The number of nitrogens with zero attached hydrogens (tertiary/aromatic N) is 3. The van der Waals surface area contributed by atoms with Crippen LogP contribution in [0.5, 0.6) is 5.75 Å². The van der Waals surface area contributed by atoms with E-state index < -0.39 is 0 Å². The summed E-state index contributed by atoms with van der Waals surface area (Å²) in [6, 6.07) is 7.27. The van der Waals surface area contributed by atoms with Crippen LogP contribution in [-0.4, -0.2) is 46.1 Å². The highest BCUT2D eigenvalue weighted by Gasteiger charge is 2.27. The summed E-state index contributed by atoms with van der Waals surface area (Å²) >= 11 is 0. The number of likely N-dealkylation sites (tertiary alicyclic amines) is 1. The first-order chi connectivity index (χ1) is 13.1. The average molecular weight is 371 g/mol. The van der Waals surface area contributed by atoms with Gasteiger partial charge in [-0.05, 0) is 31.9 Å². The summed E-state index contributed by atoms with van der Waals surface area (Å²) in [5, 5.41) is 2.93. The third kappa shape index (κ3) is 4.58. The van der Waals surface area contributed by atoms with Crippen molar-refractivity contribution in [1.29, 1.82) is 0 Å². The molecule has 0 radical (unpaired) electrons. The highest BCUT2D eigenvalue weighted by Crippen LogP contribution is 2.28. The summed E-state index contributed by atoms with van der Waals surface area (Å²) in [6.07, 6.45) is 5.03. The second-order valence-electron chi connectivity index (χ2n) is 6.50. The van der Waals surface area contributed by atoms with Gasteiger partial charge in [-0.25, -0.2) is 9.78 Å². The van der Waals surface area contributed by atoms with Crippen molar-refractivity contribution in [1.82, 2.24) is 14.5 Å². The minimum Gasteiger partial charge on any atom is -0.492 e. The number of para-hydroxylation sites is 2. The molecule has 3 rings (SSSR count). The Labute approximate surface area is 158 Å². The first-order valence-corrected chi connectivity index (χ1v) is 9.15. The first kappa shape index (κ1) is 18.8. The number of primary amides is 1. The smallest absolute Gasteiger partial charge is 0.321 e. The molecular weight excluding hydrogens is 346 g/mol. The van der Waals surface area contributed by atoms with Gasteiger partial charge in [-0.3, -0.25) is 4.79 Å². The van der Waals surface area contributed by atoms with E-state index in [1.807, 2.05) is 31.2 Å². The number of carbonyl (C=O) groups is 2. The van der Waals surface area contributed by atoms with Crippen molar-refractivity contribution in [2.45, 2.75) is 32.2 Å². The van der Waals surface area contributed by atoms with Crippen molar-refractivity contribution in [2.24, 2.45) is 5.73 Å². The number of aromatic nitrogens is 2. The molecule has 1 aromatic carbocycles. The third-order valence-electron chi connectivity index (χ3n) is 4.65. The molecule has 0 unspecified atom stereocenters. The van der Waals surface area contributed by atoms with Gasteiger partial charge in [-0.2, -0.15) is 0 Å². The molecule has 1 aliphatic rings. The van der Waals surface area contributed by atoms with E-state index in [1.165, 1.54) is 0 Å². The Bertz CT molecular complexity index is 796. The Balaban J connectivity index is 1.59. The molecule has 1 fully saturated rings. The van der Waals surface area contributed by atoms with Gasteiger partial charge >= 0.3 is 6.03 Å². The van der Waals surface area contributed by atoms with E-state index in [-0.39, 0.29) is 24.4 Å². The average Bonchev–Trinajstić information content (AvgIpc) is 3.11. The Morgan fingerprint density at radius 2 is 2.04 bits per heavy atom. The second kappa shape index (κ2) is 8.57. The number of carbonyl (C=O) groups excluding carboxylic acids is 2. The third-order valence-corrected chi connectivity index (χ3v) is 4.65. The maximum Gasteiger partial charge on any atom is 0.321 e. The number of amides is 3. The number of imidazole rings is 1. The molecule has 2 aromatic rings. The van der Waals surface area contributed by atoms with Gasteiger partial charge in [0.15, 0.2) is 0 Å².